The fraction of sp³-hybridized carbons (Fsp3) is 0.478. The summed E-state index contributed by atoms with van der Waals surface area (Å²) in [6, 6.07) is 6.02. The molecular formula is C23H24F3N5O. The van der Waals surface area contributed by atoms with Gasteiger partial charge in [-0.25, -0.2) is 9.97 Å². The van der Waals surface area contributed by atoms with Crippen molar-refractivity contribution in [2.24, 2.45) is 11.8 Å². The number of carbonyl (C=O) groups is 1. The second-order valence-electron chi connectivity index (χ2n) is 8.81. The molecule has 1 fully saturated rings. The van der Waals surface area contributed by atoms with Gasteiger partial charge in [-0.1, -0.05) is 12.1 Å². The summed E-state index contributed by atoms with van der Waals surface area (Å²) in [5.41, 5.74) is 4.69. The molecule has 2 aliphatic rings. The molecule has 32 heavy (non-hydrogen) atoms. The molecule has 5 rings (SSSR count). The Kier molecular flexibility index (Phi) is 5.35. The summed E-state index contributed by atoms with van der Waals surface area (Å²) in [6.45, 7) is 0. The van der Waals surface area contributed by atoms with E-state index < -0.39 is 12.1 Å². The molecule has 0 saturated heterocycles. The van der Waals surface area contributed by atoms with Gasteiger partial charge in [0.05, 0.1) is 29.2 Å². The Labute approximate surface area is 183 Å². The van der Waals surface area contributed by atoms with Gasteiger partial charge in [0.25, 0.3) is 0 Å². The van der Waals surface area contributed by atoms with Crippen LogP contribution in [0.4, 0.5) is 13.2 Å². The number of amides is 1. The van der Waals surface area contributed by atoms with Gasteiger partial charge in [0, 0.05) is 11.5 Å². The summed E-state index contributed by atoms with van der Waals surface area (Å²) in [4.78, 5) is 21.4. The standard InChI is InChI=1S/C23H24F3N5O/c24-23(25,26)16-7-4-13(5-8-16)22(32)30-19-3-1-2-14-10-15(6-9-17(14)19)20-18-11-29-31-21(18)28-12-27-20/h6,9-13,16,19H,1-5,7-8H2,(H,30,32)(H,27,28,29,31)/t13-,16-,19-/m1/s1. The van der Waals surface area contributed by atoms with Crippen LogP contribution in [0.15, 0.2) is 30.7 Å². The van der Waals surface area contributed by atoms with Crippen LogP contribution in [0.25, 0.3) is 22.3 Å². The number of carbonyl (C=O) groups excluding carboxylic acids is 1. The number of rotatable bonds is 3. The Morgan fingerprint density at radius 2 is 1.91 bits per heavy atom. The van der Waals surface area contributed by atoms with E-state index in [1.807, 2.05) is 12.1 Å². The molecule has 1 atom stereocenters. The first-order chi connectivity index (χ1) is 15.4. The molecule has 0 radical (unpaired) electrons. The van der Waals surface area contributed by atoms with E-state index in [1.54, 1.807) is 6.20 Å². The van der Waals surface area contributed by atoms with Crippen LogP contribution in [0, 0.1) is 11.8 Å². The van der Waals surface area contributed by atoms with Gasteiger partial charge in [-0.3, -0.25) is 9.89 Å². The third-order valence-corrected chi connectivity index (χ3v) is 6.86. The lowest BCUT2D eigenvalue weighted by Gasteiger charge is -2.32. The first kappa shape index (κ1) is 20.9. The monoisotopic (exact) mass is 443 g/mol. The number of aromatic nitrogens is 4. The van der Waals surface area contributed by atoms with Gasteiger partial charge in [0.1, 0.15) is 6.33 Å². The highest BCUT2D eigenvalue weighted by atomic mass is 19.4. The average molecular weight is 443 g/mol. The van der Waals surface area contributed by atoms with Gasteiger partial charge >= 0.3 is 6.18 Å². The molecule has 2 aromatic heterocycles. The summed E-state index contributed by atoms with van der Waals surface area (Å²) < 4.78 is 38.8. The van der Waals surface area contributed by atoms with Crippen LogP contribution >= 0.6 is 0 Å². The van der Waals surface area contributed by atoms with Crippen molar-refractivity contribution in [3.63, 3.8) is 0 Å². The average Bonchev–Trinajstić information content (AvgIpc) is 3.27. The summed E-state index contributed by atoms with van der Waals surface area (Å²) in [7, 11) is 0. The summed E-state index contributed by atoms with van der Waals surface area (Å²) >= 11 is 0. The minimum absolute atomic E-state index is 0.0353. The van der Waals surface area contributed by atoms with E-state index in [9.17, 15) is 18.0 Å². The van der Waals surface area contributed by atoms with E-state index in [1.165, 1.54) is 6.33 Å². The number of aromatic amines is 1. The summed E-state index contributed by atoms with van der Waals surface area (Å²) in [5.74, 6) is -1.74. The number of aryl methyl sites for hydroxylation is 1. The van der Waals surface area contributed by atoms with Gasteiger partial charge in [-0.2, -0.15) is 18.3 Å². The predicted molar refractivity (Wildman–Crippen MR) is 112 cm³/mol. The van der Waals surface area contributed by atoms with E-state index >= 15 is 0 Å². The number of alkyl halides is 3. The molecule has 0 aliphatic heterocycles. The zero-order chi connectivity index (χ0) is 22.3. The minimum atomic E-state index is -4.16. The Morgan fingerprint density at radius 3 is 2.69 bits per heavy atom. The molecule has 0 bridgehead atoms. The first-order valence-corrected chi connectivity index (χ1v) is 11.0. The maximum absolute atomic E-state index is 12.9. The number of nitrogens with one attached hydrogen (secondary N) is 2. The second kappa shape index (κ2) is 8.18. The molecule has 0 unspecified atom stereocenters. The van der Waals surface area contributed by atoms with Gasteiger partial charge in [-0.05, 0) is 62.1 Å². The van der Waals surface area contributed by atoms with Gasteiger partial charge in [0.2, 0.25) is 5.91 Å². The quantitative estimate of drug-likeness (QED) is 0.604. The van der Waals surface area contributed by atoms with Gasteiger partial charge < -0.3 is 5.32 Å². The molecule has 0 spiro atoms. The Balaban J connectivity index is 1.31. The van der Waals surface area contributed by atoms with Crippen molar-refractivity contribution < 1.29 is 18.0 Å². The van der Waals surface area contributed by atoms with Crippen LogP contribution < -0.4 is 5.32 Å². The number of hydrogen-bond acceptors (Lipinski definition) is 4. The number of hydrogen-bond donors (Lipinski definition) is 2. The second-order valence-corrected chi connectivity index (χ2v) is 8.81. The van der Waals surface area contributed by atoms with Crippen LogP contribution in [-0.2, 0) is 11.2 Å². The molecule has 168 valence electrons. The van der Waals surface area contributed by atoms with Gasteiger partial charge in [-0.15, -0.1) is 0 Å². The number of fused-ring (bicyclic) bond motifs is 2. The smallest absolute Gasteiger partial charge is 0.349 e. The van der Waals surface area contributed by atoms with Crippen molar-refractivity contribution in [3.05, 3.63) is 41.9 Å². The summed E-state index contributed by atoms with van der Waals surface area (Å²) in [6.07, 6.45) is 2.39. The molecular weight excluding hydrogens is 419 g/mol. The topological polar surface area (TPSA) is 83.6 Å². The predicted octanol–water partition coefficient (Wildman–Crippen LogP) is 4.88. The fourth-order valence-corrected chi connectivity index (χ4v) is 5.08. The Hall–Kier alpha value is -2.97. The molecule has 9 heteroatoms. The Bertz CT molecular complexity index is 1130. The van der Waals surface area contributed by atoms with Crippen molar-refractivity contribution >= 4 is 16.9 Å². The van der Waals surface area contributed by atoms with Crippen molar-refractivity contribution in [1.82, 2.24) is 25.5 Å². The number of benzene rings is 1. The lowest BCUT2D eigenvalue weighted by atomic mass is 9.80. The third kappa shape index (κ3) is 3.96. The van der Waals surface area contributed by atoms with Crippen LogP contribution in [0.1, 0.15) is 55.7 Å². The zero-order valence-corrected chi connectivity index (χ0v) is 17.5. The molecule has 2 N–H and O–H groups in total. The first-order valence-electron chi connectivity index (χ1n) is 11.0. The van der Waals surface area contributed by atoms with Crippen LogP contribution in [0.2, 0.25) is 0 Å². The van der Waals surface area contributed by atoms with Gasteiger partial charge in [0.15, 0.2) is 5.65 Å². The van der Waals surface area contributed by atoms with Crippen molar-refractivity contribution in [2.75, 3.05) is 0 Å². The highest BCUT2D eigenvalue weighted by Gasteiger charge is 2.42. The molecule has 1 aromatic carbocycles. The van der Waals surface area contributed by atoms with Crippen LogP contribution in [-0.4, -0.2) is 32.2 Å². The SMILES string of the molecule is O=C(N[C@@H]1CCCc2cc(-c3ncnc4[nH]ncc34)ccc21)[C@H]1CC[C@H](C(F)(F)F)CC1. The van der Waals surface area contributed by atoms with E-state index in [0.717, 1.165) is 47.0 Å². The lowest BCUT2D eigenvalue weighted by Crippen LogP contribution is -2.38. The normalized spacial score (nSPS) is 23.7. The highest BCUT2D eigenvalue weighted by molar-refractivity contribution is 5.89. The molecule has 2 heterocycles. The molecule has 3 aromatic rings. The highest BCUT2D eigenvalue weighted by Crippen LogP contribution is 2.40. The van der Waals surface area contributed by atoms with Crippen LogP contribution in [0.5, 0.6) is 0 Å². The van der Waals surface area contributed by atoms with Crippen molar-refractivity contribution in [2.45, 2.75) is 57.2 Å². The van der Waals surface area contributed by atoms with E-state index in [2.05, 4.69) is 31.5 Å². The molecule has 1 amide bonds. The number of H-pyrrole nitrogens is 1. The summed E-state index contributed by atoms with van der Waals surface area (Å²) in [5, 5.41) is 10.9. The maximum Gasteiger partial charge on any atom is 0.391 e. The number of halogens is 3. The van der Waals surface area contributed by atoms with Crippen molar-refractivity contribution in [3.8, 4) is 11.3 Å². The largest absolute Gasteiger partial charge is 0.391 e. The van der Waals surface area contributed by atoms with E-state index in [-0.39, 0.29) is 30.7 Å². The fourth-order valence-electron chi connectivity index (χ4n) is 5.08. The maximum atomic E-state index is 12.9. The lowest BCUT2D eigenvalue weighted by molar-refractivity contribution is -0.184. The zero-order valence-electron chi connectivity index (χ0n) is 17.5. The molecule has 2 aliphatic carbocycles. The minimum Gasteiger partial charge on any atom is -0.349 e. The van der Waals surface area contributed by atoms with Crippen molar-refractivity contribution in [1.29, 1.82) is 0 Å². The molecule has 1 saturated carbocycles. The number of nitrogens with zero attached hydrogens (tertiary/aromatic N) is 3. The van der Waals surface area contributed by atoms with E-state index in [0.29, 0.717) is 18.5 Å². The molecule has 6 nitrogen and oxygen atoms in total. The third-order valence-electron chi connectivity index (χ3n) is 6.86. The van der Waals surface area contributed by atoms with Crippen LogP contribution in [0.3, 0.4) is 0 Å². The van der Waals surface area contributed by atoms with E-state index in [4.69, 9.17) is 0 Å². The Morgan fingerprint density at radius 1 is 1.09 bits per heavy atom.